The third-order valence-corrected chi connectivity index (χ3v) is 2.16. The van der Waals surface area contributed by atoms with Crippen LogP contribution >= 0.6 is 0 Å². The van der Waals surface area contributed by atoms with Crippen LogP contribution in [0.1, 0.15) is 19.8 Å². The van der Waals surface area contributed by atoms with E-state index in [1.807, 2.05) is 0 Å². The lowest BCUT2D eigenvalue weighted by Crippen LogP contribution is -2.45. The van der Waals surface area contributed by atoms with E-state index in [0.29, 0.717) is 19.0 Å². The highest BCUT2D eigenvalue weighted by molar-refractivity contribution is 6.34. The number of nitrogens with two attached hydrogens (primary N) is 1. The highest BCUT2D eigenvalue weighted by atomic mass is 16.2. The van der Waals surface area contributed by atoms with Gasteiger partial charge in [0.2, 0.25) is 0 Å². The number of primary amides is 1. The molecule has 1 aliphatic rings. The smallest absolute Gasteiger partial charge is 0.311 e. The van der Waals surface area contributed by atoms with Crippen molar-refractivity contribution in [2.45, 2.75) is 19.8 Å². The summed E-state index contributed by atoms with van der Waals surface area (Å²) in [4.78, 5) is 23.2. The Morgan fingerprint density at radius 3 is 2.67 bits per heavy atom. The fourth-order valence-electron chi connectivity index (χ4n) is 1.53. The van der Waals surface area contributed by atoms with Gasteiger partial charge in [-0.05, 0) is 18.8 Å². The molecule has 4 nitrogen and oxygen atoms in total. The van der Waals surface area contributed by atoms with Gasteiger partial charge in [0.25, 0.3) is 0 Å². The van der Waals surface area contributed by atoms with E-state index < -0.39 is 11.8 Å². The van der Waals surface area contributed by atoms with Gasteiger partial charge < -0.3 is 10.6 Å². The van der Waals surface area contributed by atoms with Gasteiger partial charge in [-0.15, -0.1) is 0 Å². The number of hydrogen-bond donors (Lipinski definition) is 1. The molecule has 4 heteroatoms. The second-order valence-corrected chi connectivity index (χ2v) is 3.36. The van der Waals surface area contributed by atoms with Crippen molar-refractivity contribution in [2.75, 3.05) is 13.1 Å². The van der Waals surface area contributed by atoms with Gasteiger partial charge in [-0.1, -0.05) is 6.92 Å². The summed E-state index contributed by atoms with van der Waals surface area (Å²) in [6, 6.07) is 0. The molecule has 1 atom stereocenters. The molecule has 0 saturated carbocycles. The fraction of sp³-hybridized carbons (Fsp3) is 0.750. The van der Waals surface area contributed by atoms with Crippen LogP contribution in [-0.2, 0) is 9.59 Å². The van der Waals surface area contributed by atoms with Crippen LogP contribution in [0.5, 0.6) is 0 Å². The van der Waals surface area contributed by atoms with Crippen LogP contribution in [0.25, 0.3) is 0 Å². The topological polar surface area (TPSA) is 63.4 Å². The first-order valence-corrected chi connectivity index (χ1v) is 4.20. The Morgan fingerprint density at radius 1 is 1.50 bits per heavy atom. The lowest BCUT2D eigenvalue weighted by Gasteiger charge is -2.29. The molecule has 2 amide bonds. The minimum absolute atomic E-state index is 0.488. The molecule has 1 fully saturated rings. The lowest BCUT2D eigenvalue weighted by atomic mass is 10.0. The Kier molecular flexibility index (Phi) is 2.68. The quantitative estimate of drug-likeness (QED) is 0.509. The van der Waals surface area contributed by atoms with Gasteiger partial charge in [-0.3, -0.25) is 9.59 Å². The largest absolute Gasteiger partial charge is 0.361 e. The van der Waals surface area contributed by atoms with E-state index in [1.54, 1.807) is 0 Å². The average molecular weight is 170 g/mol. The maximum atomic E-state index is 11.1. The monoisotopic (exact) mass is 170 g/mol. The summed E-state index contributed by atoms with van der Waals surface area (Å²) in [6.07, 6.45) is 2.10. The zero-order valence-electron chi connectivity index (χ0n) is 7.25. The molecule has 1 aliphatic heterocycles. The van der Waals surface area contributed by atoms with Crippen molar-refractivity contribution < 1.29 is 9.59 Å². The Hall–Kier alpha value is -1.06. The molecular formula is C8H14N2O2. The van der Waals surface area contributed by atoms with E-state index in [4.69, 9.17) is 5.73 Å². The molecule has 0 radical (unpaired) electrons. The Bertz CT molecular complexity index is 203. The van der Waals surface area contributed by atoms with Crippen molar-refractivity contribution in [3.05, 3.63) is 0 Å². The van der Waals surface area contributed by atoms with E-state index in [0.717, 1.165) is 12.8 Å². The first-order chi connectivity index (χ1) is 5.61. The van der Waals surface area contributed by atoms with Gasteiger partial charge in [0.05, 0.1) is 0 Å². The number of amides is 2. The van der Waals surface area contributed by atoms with E-state index in [2.05, 4.69) is 6.92 Å². The molecule has 1 unspecified atom stereocenters. The summed E-state index contributed by atoms with van der Waals surface area (Å²) in [5.74, 6) is -0.896. The summed E-state index contributed by atoms with van der Waals surface area (Å²) in [5, 5.41) is 0. The zero-order valence-corrected chi connectivity index (χ0v) is 7.25. The minimum Gasteiger partial charge on any atom is -0.361 e. The summed E-state index contributed by atoms with van der Waals surface area (Å²) < 4.78 is 0. The molecule has 1 heterocycles. The summed E-state index contributed by atoms with van der Waals surface area (Å²) in [6.45, 7) is 3.41. The van der Waals surface area contributed by atoms with Crippen LogP contribution in [0, 0.1) is 5.92 Å². The average Bonchev–Trinajstić information content (AvgIpc) is 2.03. The second-order valence-electron chi connectivity index (χ2n) is 3.36. The minimum atomic E-state index is -0.843. The molecule has 68 valence electrons. The molecule has 12 heavy (non-hydrogen) atoms. The van der Waals surface area contributed by atoms with Crippen LogP contribution < -0.4 is 5.73 Å². The van der Waals surface area contributed by atoms with E-state index in [9.17, 15) is 9.59 Å². The van der Waals surface area contributed by atoms with Gasteiger partial charge >= 0.3 is 11.8 Å². The molecule has 0 aliphatic carbocycles. The van der Waals surface area contributed by atoms with E-state index >= 15 is 0 Å². The van der Waals surface area contributed by atoms with Gasteiger partial charge in [0, 0.05) is 13.1 Å². The second kappa shape index (κ2) is 3.56. The van der Waals surface area contributed by atoms with Gasteiger partial charge in [0.1, 0.15) is 0 Å². The summed E-state index contributed by atoms with van der Waals surface area (Å²) in [7, 11) is 0. The number of piperidine rings is 1. The van der Waals surface area contributed by atoms with E-state index in [-0.39, 0.29) is 0 Å². The standard InChI is InChI=1S/C8H14N2O2/c1-6-3-2-4-10(5-6)8(12)7(9)11/h6H,2-5H2,1H3,(H2,9,11). The summed E-state index contributed by atoms with van der Waals surface area (Å²) >= 11 is 0. The van der Waals surface area contributed by atoms with Gasteiger partial charge in [-0.25, -0.2) is 0 Å². The highest BCUT2D eigenvalue weighted by Crippen LogP contribution is 2.14. The SMILES string of the molecule is CC1CCCN(C(=O)C(N)=O)C1. The van der Waals surface area contributed by atoms with Crippen molar-refractivity contribution in [1.29, 1.82) is 0 Å². The van der Waals surface area contributed by atoms with Gasteiger partial charge in [0.15, 0.2) is 0 Å². The predicted molar refractivity (Wildman–Crippen MR) is 44.2 cm³/mol. The van der Waals surface area contributed by atoms with Crippen molar-refractivity contribution in [2.24, 2.45) is 11.7 Å². The molecule has 2 N–H and O–H groups in total. The fourth-order valence-corrected chi connectivity index (χ4v) is 1.53. The maximum absolute atomic E-state index is 11.1. The third-order valence-electron chi connectivity index (χ3n) is 2.16. The number of carbonyl (C=O) groups is 2. The number of likely N-dealkylation sites (tertiary alicyclic amines) is 1. The summed E-state index contributed by atoms with van der Waals surface area (Å²) in [5.41, 5.74) is 4.88. The molecule has 0 aromatic heterocycles. The molecule has 0 spiro atoms. The normalized spacial score (nSPS) is 23.8. The Morgan fingerprint density at radius 2 is 2.17 bits per heavy atom. The molecule has 1 saturated heterocycles. The molecule has 0 aromatic rings. The first-order valence-electron chi connectivity index (χ1n) is 4.20. The Balaban J connectivity index is 2.51. The van der Waals surface area contributed by atoms with Crippen molar-refractivity contribution >= 4 is 11.8 Å². The van der Waals surface area contributed by atoms with Crippen LogP contribution in [0.4, 0.5) is 0 Å². The maximum Gasteiger partial charge on any atom is 0.311 e. The predicted octanol–water partition coefficient (Wildman–Crippen LogP) is -0.270. The van der Waals surface area contributed by atoms with Crippen molar-refractivity contribution in [3.8, 4) is 0 Å². The van der Waals surface area contributed by atoms with E-state index in [1.165, 1.54) is 4.90 Å². The molecule has 0 aromatic carbocycles. The van der Waals surface area contributed by atoms with Crippen LogP contribution in [0.3, 0.4) is 0 Å². The van der Waals surface area contributed by atoms with Gasteiger partial charge in [-0.2, -0.15) is 0 Å². The van der Waals surface area contributed by atoms with Crippen LogP contribution in [0.2, 0.25) is 0 Å². The van der Waals surface area contributed by atoms with Crippen molar-refractivity contribution in [1.82, 2.24) is 4.90 Å². The lowest BCUT2D eigenvalue weighted by molar-refractivity contribution is -0.145. The number of nitrogens with zero attached hydrogens (tertiary/aromatic N) is 1. The van der Waals surface area contributed by atoms with Crippen LogP contribution in [0.15, 0.2) is 0 Å². The number of rotatable bonds is 0. The van der Waals surface area contributed by atoms with Crippen molar-refractivity contribution in [3.63, 3.8) is 0 Å². The number of carbonyl (C=O) groups excluding carboxylic acids is 2. The van der Waals surface area contributed by atoms with Crippen LogP contribution in [-0.4, -0.2) is 29.8 Å². The third kappa shape index (κ3) is 1.96. The number of hydrogen-bond acceptors (Lipinski definition) is 2. The molecular weight excluding hydrogens is 156 g/mol. The highest BCUT2D eigenvalue weighted by Gasteiger charge is 2.23. The zero-order chi connectivity index (χ0) is 9.14. The molecule has 0 bridgehead atoms. The first kappa shape index (κ1) is 9.03. The molecule has 1 rings (SSSR count). The Labute approximate surface area is 71.7 Å².